The van der Waals surface area contributed by atoms with Gasteiger partial charge in [0.05, 0.1) is 32.0 Å². The van der Waals surface area contributed by atoms with Gasteiger partial charge in [0.1, 0.15) is 12.6 Å². The number of sulfonamides is 1. The molecule has 2 aromatic rings. The zero-order valence-electron chi connectivity index (χ0n) is 18.8. The fourth-order valence-corrected chi connectivity index (χ4v) is 4.75. The Morgan fingerprint density at radius 1 is 0.941 bits per heavy atom. The van der Waals surface area contributed by atoms with Crippen molar-refractivity contribution < 1.29 is 18.0 Å². The number of amides is 2. The first-order valence-electron chi connectivity index (χ1n) is 10.3. The van der Waals surface area contributed by atoms with Crippen molar-refractivity contribution in [2.45, 2.75) is 32.9 Å². The minimum absolute atomic E-state index is 0.0182. The van der Waals surface area contributed by atoms with E-state index in [2.05, 4.69) is 5.32 Å². The van der Waals surface area contributed by atoms with E-state index in [9.17, 15) is 18.0 Å². The molecule has 2 amide bonds. The topological polar surface area (TPSA) is 86.8 Å². The molecule has 0 radical (unpaired) electrons. The SMILES string of the molecule is CCNC(=O)C(CC)N(Cc1ccc(Cl)c(Cl)c1)C(=O)CN(c1ccc(Cl)c(Cl)c1)S(C)(=O)=O. The number of carbonyl (C=O) groups is 2. The first-order valence-corrected chi connectivity index (χ1v) is 13.7. The number of anilines is 1. The zero-order valence-corrected chi connectivity index (χ0v) is 22.7. The molecule has 0 saturated carbocycles. The van der Waals surface area contributed by atoms with E-state index in [0.29, 0.717) is 28.6 Å². The van der Waals surface area contributed by atoms with Gasteiger partial charge in [0.15, 0.2) is 0 Å². The van der Waals surface area contributed by atoms with E-state index in [0.717, 1.165) is 10.6 Å². The van der Waals surface area contributed by atoms with Crippen LogP contribution in [0, 0.1) is 0 Å². The maximum Gasteiger partial charge on any atom is 0.244 e. The summed E-state index contributed by atoms with van der Waals surface area (Å²) in [6, 6.07) is 8.30. The Morgan fingerprint density at radius 2 is 1.53 bits per heavy atom. The molecule has 34 heavy (non-hydrogen) atoms. The number of carbonyl (C=O) groups excluding carboxylic acids is 2. The largest absolute Gasteiger partial charge is 0.355 e. The first kappa shape index (κ1) is 28.5. The lowest BCUT2D eigenvalue weighted by Crippen LogP contribution is -2.52. The summed E-state index contributed by atoms with van der Waals surface area (Å²) in [6.45, 7) is 3.38. The number of hydrogen-bond acceptors (Lipinski definition) is 4. The summed E-state index contributed by atoms with van der Waals surface area (Å²) in [5, 5.41) is 3.75. The minimum Gasteiger partial charge on any atom is -0.355 e. The van der Waals surface area contributed by atoms with Gasteiger partial charge < -0.3 is 10.2 Å². The Morgan fingerprint density at radius 3 is 2.03 bits per heavy atom. The third kappa shape index (κ3) is 7.39. The van der Waals surface area contributed by atoms with E-state index in [4.69, 9.17) is 46.4 Å². The molecule has 0 spiro atoms. The smallest absolute Gasteiger partial charge is 0.244 e. The number of nitrogens with one attached hydrogen (secondary N) is 1. The molecule has 0 heterocycles. The van der Waals surface area contributed by atoms with Crippen molar-refractivity contribution in [3.63, 3.8) is 0 Å². The van der Waals surface area contributed by atoms with Gasteiger partial charge in [-0.2, -0.15) is 0 Å². The second kappa shape index (κ2) is 12.3. The summed E-state index contributed by atoms with van der Waals surface area (Å²) in [7, 11) is -3.88. The fraction of sp³-hybridized carbons (Fsp3) is 0.364. The predicted molar refractivity (Wildman–Crippen MR) is 138 cm³/mol. The van der Waals surface area contributed by atoms with Crippen LogP contribution in [0.3, 0.4) is 0 Å². The van der Waals surface area contributed by atoms with E-state index < -0.39 is 28.5 Å². The molecule has 186 valence electrons. The average molecular weight is 569 g/mol. The van der Waals surface area contributed by atoms with E-state index in [1.54, 1.807) is 32.0 Å². The lowest BCUT2D eigenvalue weighted by atomic mass is 10.1. The molecule has 1 unspecified atom stereocenters. The molecule has 12 heteroatoms. The molecule has 2 aromatic carbocycles. The molecule has 1 N–H and O–H groups in total. The molecular formula is C22H25Cl4N3O4S. The van der Waals surface area contributed by atoms with E-state index in [-0.39, 0.29) is 28.2 Å². The maximum atomic E-state index is 13.5. The highest BCUT2D eigenvalue weighted by Crippen LogP contribution is 2.29. The van der Waals surface area contributed by atoms with E-state index in [1.807, 2.05) is 0 Å². The van der Waals surface area contributed by atoms with Gasteiger partial charge in [0, 0.05) is 13.1 Å². The van der Waals surface area contributed by atoms with Crippen molar-refractivity contribution in [2.24, 2.45) is 0 Å². The average Bonchev–Trinajstić information content (AvgIpc) is 2.75. The van der Waals surface area contributed by atoms with Crippen molar-refractivity contribution in [1.29, 1.82) is 0 Å². The van der Waals surface area contributed by atoms with Crippen LogP contribution in [0.5, 0.6) is 0 Å². The molecule has 0 aromatic heterocycles. The Hall–Kier alpha value is -1.71. The highest BCUT2D eigenvalue weighted by Gasteiger charge is 2.31. The molecule has 0 aliphatic heterocycles. The van der Waals surface area contributed by atoms with Crippen LogP contribution < -0.4 is 9.62 Å². The molecule has 2 rings (SSSR count). The summed E-state index contributed by atoms with van der Waals surface area (Å²) < 4.78 is 26.1. The summed E-state index contributed by atoms with van der Waals surface area (Å²) in [5.41, 5.74) is 0.803. The number of hydrogen-bond donors (Lipinski definition) is 1. The quantitative estimate of drug-likeness (QED) is 0.436. The van der Waals surface area contributed by atoms with Crippen molar-refractivity contribution in [2.75, 3.05) is 23.7 Å². The maximum absolute atomic E-state index is 13.5. The van der Waals surface area contributed by atoms with Crippen LogP contribution in [0.1, 0.15) is 25.8 Å². The molecule has 0 fully saturated rings. The predicted octanol–water partition coefficient (Wildman–Crippen LogP) is 5.01. The zero-order chi connectivity index (χ0) is 25.6. The lowest BCUT2D eigenvalue weighted by Gasteiger charge is -2.33. The molecule has 7 nitrogen and oxygen atoms in total. The number of rotatable bonds is 10. The number of likely N-dealkylation sites (N-methyl/N-ethyl adjacent to an activating group) is 1. The van der Waals surface area contributed by atoms with Gasteiger partial charge in [-0.1, -0.05) is 59.4 Å². The number of benzene rings is 2. The standard InChI is InChI=1S/C22H25Cl4N3O4S/c1-4-20(22(31)27-5-2)28(12-14-6-8-16(23)18(25)10-14)21(30)13-29(34(3,32)33)15-7-9-17(24)19(26)11-15/h6-11,20H,4-5,12-13H2,1-3H3,(H,27,31). The van der Waals surface area contributed by atoms with Crippen LogP contribution in [0.15, 0.2) is 36.4 Å². The van der Waals surface area contributed by atoms with E-state index >= 15 is 0 Å². The summed E-state index contributed by atoms with van der Waals surface area (Å²) >= 11 is 24.2. The second-order valence-electron chi connectivity index (χ2n) is 7.46. The van der Waals surface area contributed by atoms with Crippen LogP contribution in [0.2, 0.25) is 20.1 Å². The van der Waals surface area contributed by atoms with Crippen LogP contribution >= 0.6 is 46.4 Å². The monoisotopic (exact) mass is 567 g/mol. The van der Waals surface area contributed by atoms with Crippen LogP contribution in [0.4, 0.5) is 5.69 Å². The minimum atomic E-state index is -3.88. The highest BCUT2D eigenvalue weighted by atomic mass is 35.5. The van der Waals surface area contributed by atoms with Gasteiger partial charge in [0.25, 0.3) is 0 Å². The van der Waals surface area contributed by atoms with Crippen molar-refractivity contribution in [3.05, 3.63) is 62.1 Å². The Bertz CT molecular complexity index is 1160. The third-order valence-corrected chi connectivity index (χ3v) is 7.56. The second-order valence-corrected chi connectivity index (χ2v) is 11.0. The molecule has 1 atom stereocenters. The lowest BCUT2D eigenvalue weighted by molar-refractivity contribution is -0.140. The van der Waals surface area contributed by atoms with Gasteiger partial charge in [-0.05, 0) is 49.2 Å². The molecule has 0 saturated heterocycles. The summed E-state index contributed by atoms with van der Waals surface area (Å²) in [4.78, 5) is 27.6. The molecular weight excluding hydrogens is 544 g/mol. The number of halogens is 4. The van der Waals surface area contributed by atoms with Gasteiger partial charge in [0.2, 0.25) is 21.8 Å². The fourth-order valence-electron chi connectivity index (χ4n) is 3.30. The molecule has 0 aliphatic rings. The van der Waals surface area contributed by atoms with E-state index in [1.165, 1.54) is 23.1 Å². The van der Waals surface area contributed by atoms with Crippen molar-refractivity contribution in [3.8, 4) is 0 Å². The van der Waals surface area contributed by atoms with Gasteiger partial charge in [-0.3, -0.25) is 13.9 Å². The van der Waals surface area contributed by atoms with Gasteiger partial charge in [-0.15, -0.1) is 0 Å². The Kier molecular flexibility index (Phi) is 10.3. The van der Waals surface area contributed by atoms with Crippen LogP contribution in [-0.4, -0.2) is 50.5 Å². The summed E-state index contributed by atoms with van der Waals surface area (Å²) in [5.74, 6) is -0.931. The summed E-state index contributed by atoms with van der Waals surface area (Å²) in [6.07, 6.45) is 1.29. The molecule has 0 bridgehead atoms. The highest BCUT2D eigenvalue weighted by molar-refractivity contribution is 7.92. The van der Waals surface area contributed by atoms with Crippen LogP contribution in [0.25, 0.3) is 0 Å². The normalized spacial score (nSPS) is 12.2. The van der Waals surface area contributed by atoms with Crippen LogP contribution in [-0.2, 0) is 26.2 Å². The van der Waals surface area contributed by atoms with Crippen molar-refractivity contribution >= 4 is 73.9 Å². The Balaban J connectivity index is 2.47. The number of nitrogens with zero attached hydrogens (tertiary/aromatic N) is 2. The molecule has 0 aliphatic carbocycles. The first-order chi connectivity index (χ1) is 15.9. The van der Waals surface area contributed by atoms with Gasteiger partial charge >= 0.3 is 0 Å². The van der Waals surface area contributed by atoms with Crippen molar-refractivity contribution in [1.82, 2.24) is 10.2 Å². The Labute approximate surface area is 220 Å². The third-order valence-electron chi connectivity index (χ3n) is 4.94. The van der Waals surface area contributed by atoms with Gasteiger partial charge in [-0.25, -0.2) is 8.42 Å².